The molecule has 26 heavy (non-hydrogen) atoms. The maximum absolute atomic E-state index is 13.5. The Bertz CT molecular complexity index is 830. The summed E-state index contributed by atoms with van der Waals surface area (Å²) in [5.41, 5.74) is 1.88. The summed E-state index contributed by atoms with van der Waals surface area (Å²) in [5, 5.41) is 0. The Labute approximate surface area is 152 Å². The molecule has 5 nitrogen and oxygen atoms in total. The fourth-order valence-electron chi connectivity index (χ4n) is 3.09. The lowest BCUT2D eigenvalue weighted by atomic mass is 10.1. The van der Waals surface area contributed by atoms with Crippen molar-refractivity contribution in [3.63, 3.8) is 0 Å². The normalized spacial score (nSPS) is 14.3. The van der Waals surface area contributed by atoms with Crippen LogP contribution in [0.3, 0.4) is 0 Å². The Morgan fingerprint density at radius 1 is 0.962 bits per heavy atom. The van der Waals surface area contributed by atoms with Gasteiger partial charge in [0, 0.05) is 31.7 Å². The highest BCUT2D eigenvalue weighted by molar-refractivity contribution is 5.97. The molecule has 1 aliphatic rings. The Hall–Kier alpha value is -2.89. The van der Waals surface area contributed by atoms with Crippen molar-refractivity contribution in [2.24, 2.45) is 0 Å². The number of ether oxygens (including phenoxy) is 1. The van der Waals surface area contributed by atoms with E-state index in [0.29, 0.717) is 37.5 Å². The minimum atomic E-state index is -0.484. The van der Waals surface area contributed by atoms with Crippen molar-refractivity contribution in [2.45, 2.75) is 6.92 Å². The molecule has 0 bridgehead atoms. The van der Waals surface area contributed by atoms with Crippen LogP contribution in [0.2, 0.25) is 0 Å². The number of carbonyl (C=O) groups is 2. The highest BCUT2D eigenvalue weighted by Gasteiger charge is 2.27. The molecule has 1 fully saturated rings. The summed E-state index contributed by atoms with van der Waals surface area (Å²) in [7, 11) is 1.45. The van der Waals surface area contributed by atoms with Gasteiger partial charge in [-0.15, -0.1) is 0 Å². The summed E-state index contributed by atoms with van der Waals surface area (Å²) in [6, 6.07) is 11.3. The van der Waals surface area contributed by atoms with E-state index in [1.807, 2.05) is 25.1 Å². The molecule has 6 heteroatoms. The third-order valence-electron chi connectivity index (χ3n) is 4.51. The lowest BCUT2D eigenvalue weighted by Gasteiger charge is -2.35. The van der Waals surface area contributed by atoms with E-state index in [4.69, 9.17) is 4.74 Å². The number of methoxy groups -OCH3 is 1. The number of benzene rings is 2. The predicted octanol–water partition coefficient (Wildman–Crippen LogP) is 2.74. The molecule has 0 spiro atoms. The van der Waals surface area contributed by atoms with Gasteiger partial charge in [0.1, 0.15) is 11.6 Å². The molecule has 2 aromatic rings. The number of piperazine rings is 1. The average molecular weight is 356 g/mol. The SMILES string of the molecule is COc1ccc(F)cc1C(=O)N1CCN(C(=O)c2cccc(C)c2)CC1. The van der Waals surface area contributed by atoms with Crippen LogP contribution in [0.4, 0.5) is 4.39 Å². The van der Waals surface area contributed by atoms with Gasteiger partial charge in [-0.2, -0.15) is 0 Å². The van der Waals surface area contributed by atoms with E-state index in [2.05, 4.69) is 0 Å². The Kier molecular flexibility index (Phi) is 5.21. The Morgan fingerprint density at radius 2 is 1.62 bits per heavy atom. The number of nitrogens with zero attached hydrogens (tertiary/aromatic N) is 2. The summed E-state index contributed by atoms with van der Waals surface area (Å²) >= 11 is 0. The standard InChI is InChI=1S/C20H21FN2O3/c1-14-4-3-5-15(12-14)19(24)22-8-10-23(11-9-22)20(25)17-13-16(21)6-7-18(17)26-2/h3-7,12-13H,8-11H2,1-2H3. The van der Waals surface area contributed by atoms with E-state index in [1.165, 1.54) is 25.3 Å². The first-order valence-corrected chi connectivity index (χ1v) is 8.48. The van der Waals surface area contributed by atoms with Gasteiger partial charge in [0.2, 0.25) is 0 Å². The zero-order valence-corrected chi connectivity index (χ0v) is 14.9. The van der Waals surface area contributed by atoms with Crippen LogP contribution in [0.25, 0.3) is 0 Å². The van der Waals surface area contributed by atoms with Gasteiger partial charge in [-0.3, -0.25) is 9.59 Å². The minimum Gasteiger partial charge on any atom is -0.496 e. The monoisotopic (exact) mass is 356 g/mol. The number of aryl methyl sites for hydroxylation is 1. The van der Waals surface area contributed by atoms with Crippen LogP contribution >= 0.6 is 0 Å². The van der Waals surface area contributed by atoms with Crippen molar-refractivity contribution in [2.75, 3.05) is 33.3 Å². The summed E-state index contributed by atoms with van der Waals surface area (Å²) in [4.78, 5) is 28.7. The van der Waals surface area contributed by atoms with Crippen molar-refractivity contribution >= 4 is 11.8 Å². The first kappa shape index (κ1) is 17.9. The average Bonchev–Trinajstić information content (AvgIpc) is 2.67. The molecule has 2 aromatic carbocycles. The highest BCUT2D eigenvalue weighted by Crippen LogP contribution is 2.22. The summed E-state index contributed by atoms with van der Waals surface area (Å²) in [6.45, 7) is 3.62. The fraction of sp³-hybridized carbons (Fsp3) is 0.300. The van der Waals surface area contributed by atoms with E-state index in [0.717, 1.165) is 5.56 Å². The molecular formula is C20H21FN2O3. The molecule has 0 atom stereocenters. The molecule has 1 heterocycles. The number of hydrogen-bond acceptors (Lipinski definition) is 3. The molecule has 0 radical (unpaired) electrons. The second-order valence-corrected chi connectivity index (χ2v) is 6.30. The molecule has 0 aliphatic carbocycles. The molecule has 1 aliphatic heterocycles. The molecule has 0 N–H and O–H groups in total. The summed E-state index contributed by atoms with van der Waals surface area (Å²) < 4.78 is 18.7. The second-order valence-electron chi connectivity index (χ2n) is 6.30. The van der Waals surface area contributed by atoms with Gasteiger partial charge in [0.05, 0.1) is 12.7 Å². The zero-order chi connectivity index (χ0) is 18.7. The van der Waals surface area contributed by atoms with Crippen molar-refractivity contribution in [3.8, 4) is 5.75 Å². The molecule has 136 valence electrons. The van der Waals surface area contributed by atoms with Gasteiger partial charge in [0.15, 0.2) is 0 Å². The number of halogens is 1. The van der Waals surface area contributed by atoms with Crippen LogP contribution in [0, 0.1) is 12.7 Å². The topological polar surface area (TPSA) is 49.9 Å². The molecule has 1 saturated heterocycles. The number of amides is 2. The van der Waals surface area contributed by atoms with Crippen LogP contribution < -0.4 is 4.74 Å². The number of rotatable bonds is 3. The smallest absolute Gasteiger partial charge is 0.257 e. The van der Waals surface area contributed by atoms with E-state index in [9.17, 15) is 14.0 Å². The van der Waals surface area contributed by atoms with Gasteiger partial charge in [-0.25, -0.2) is 4.39 Å². The largest absolute Gasteiger partial charge is 0.496 e. The van der Waals surface area contributed by atoms with Crippen molar-refractivity contribution in [1.29, 1.82) is 0 Å². The molecule has 0 aromatic heterocycles. The predicted molar refractivity (Wildman–Crippen MR) is 95.9 cm³/mol. The highest BCUT2D eigenvalue weighted by atomic mass is 19.1. The van der Waals surface area contributed by atoms with Gasteiger partial charge in [0.25, 0.3) is 11.8 Å². The quantitative estimate of drug-likeness (QED) is 0.850. The van der Waals surface area contributed by atoms with E-state index < -0.39 is 5.82 Å². The fourth-order valence-corrected chi connectivity index (χ4v) is 3.09. The van der Waals surface area contributed by atoms with E-state index in [-0.39, 0.29) is 17.4 Å². The van der Waals surface area contributed by atoms with Crippen molar-refractivity contribution in [1.82, 2.24) is 9.80 Å². The molecule has 0 unspecified atom stereocenters. The van der Waals surface area contributed by atoms with Gasteiger partial charge >= 0.3 is 0 Å². The third-order valence-corrected chi connectivity index (χ3v) is 4.51. The Morgan fingerprint density at radius 3 is 2.23 bits per heavy atom. The van der Waals surface area contributed by atoms with Gasteiger partial charge in [-0.05, 0) is 37.3 Å². The second kappa shape index (κ2) is 7.56. The molecular weight excluding hydrogens is 335 g/mol. The summed E-state index contributed by atoms with van der Waals surface area (Å²) in [5.74, 6) is -0.467. The first-order valence-electron chi connectivity index (χ1n) is 8.48. The van der Waals surface area contributed by atoms with Crippen LogP contribution in [-0.2, 0) is 0 Å². The van der Waals surface area contributed by atoms with Crippen LogP contribution in [0.5, 0.6) is 5.75 Å². The zero-order valence-electron chi connectivity index (χ0n) is 14.9. The van der Waals surface area contributed by atoms with Gasteiger partial charge in [-0.1, -0.05) is 17.7 Å². The van der Waals surface area contributed by atoms with Crippen LogP contribution in [0.1, 0.15) is 26.3 Å². The van der Waals surface area contributed by atoms with Crippen LogP contribution in [-0.4, -0.2) is 54.9 Å². The Balaban J connectivity index is 1.68. The summed E-state index contributed by atoms with van der Waals surface area (Å²) in [6.07, 6.45) is 0. The van der Waals surface area contributed by atoms with Gasteiger partial charge < -0.3 is 14.5 Å². The van der Waals surface area contributed by atoms with E-state index >= 15 is 0 Å². The lowest BCUT2D eigenvalue weighted by Crippen LogP contribution is -2.50. The number of carbonyl (C=O) groups excluding carboxylic acids is 2. The molecule has 2 amide bonds. The maximum atomic E-state index is 13.5. The molecule has 0 saturated carbocycles. The minimum absolute atomic E-state index is 0.0378. The molecule has 3 rings (SSSR count). The first-order chi connectivity index (χ1) is 12.5. The third kappa shape index (κ3) is 3.69. The van der Waals surface area contributed by atoms with E-state index in [1.54, 1.807) is 15.9 Å². The number of hydrogen-bond donors (Lipinski definition) is 0. The maximum Gasteiger partial charge on any atom is 0.257 e. The van der Waals surface area contributed by atoms with Crippen molar-refractivity contribution < 1.29 is 18.7 Å². The lowest BCUT2D eigenvalue weighted by molar-refractivity contribution is 0.0533. The van der Waals surface area contributed by atoms with Crippen molar-refractivity contribution in [3.05, 3.63) is 65.0 Å². The van der Waals surface area contributed by atoms with Crippen LogP contribution in [0.15, 0.2) is 42.5 Å².